The molecule has 0 amide bonds. The van der Waals surface area contributed by atoms with Gasteiger partial charge >= 0.3 is 0 Å². The molecule has 6 heteroatoms. The Morgan fingerprint density at radius 1 is 1.19 bits per heavy atom. The van der Waals surface area contributed by atoms with Crippen molar-refractivity contribution in [3.8, 4) is 0 Å². The third-order valence-corrected chi connectivity index (χ3v) is 4.89. The van der Waals surface area contributed by atoms with Crippen LogP contribution in [-0.2, 0) is 5.75 Å². The van der Waals surface area contributed by atoms with Crippen molar-refractivity contribution in [2.24, 2.45) is 0 Å². The molecule has 1 aliphatic heterocycles. The monoisotopic (exact) mass is 297 g/mol. The number of para-hydroxylation sites is 2. The predicted octanol–water partition coefficient (Wildman–Crippen LogP) is 3.74. The molecule has 0 spiro atoms. The lowest BCUT2D eigenvalue weighted by Gasteiger charge is -2.13. The summed E-state index contributed by atoms with van der Waals surface area (Å²) in [5.74, 6) is 1.92. The molecular formula is C15H11N3O2S. The van der Waals surface area contributed by atoms with Gasteiger partial charge in [-0.05, 0) is 29.8 Å². The average molecular weight is 297 g/mol. The van der Waals surface area contributed by atoms with Gasteiger partial charge in [0.2, 0.25) is 0 Å². The molecule has 3 aromatic rings. The molecule has 0 saturated carbocycles. The molecule has 1 aromatic heterocycles. The second kappa shape index (κ2) is 4.60. The maximum atomic E-state index is 10.8. The fraction of sp³-hybridized carbons (Fsp3) is 0.133. The Kier molecular flexibility index (Phi) is 2.71. The summed E-state index contributed by atoms with van der Waals surface area (Å²) < 4.78 is 2.22. The van der Waals surface area contributed by atoms with E-state index >= 15 is 0 Å². The number of non-ortho nitro benzene ring substituents is 1. The molecule has 0 saturated heterocycles. The van der Waals surface area contributed by atoms with Gasteiger partial charge in [-0.25, -0.2) is 4.98 Å². The molecule has 0 fully saturated rings. The number of hydrogen-bond donors (Lipinski definition) is 0. The molecule has 0 N–H and O–H groups in total. The van der Waals surface area contributed by atoms with Crippen LogP contribution in [0.5, 0.6) is 0 Å². The average Bonchev–Trinajstić information content (AvgIpc) is 3.06. The van der Waals surface area contributed by atoms with Crippen molar-refractivity contribution in [1.82, 2.24) is 9.55 Å². The number of thioether (sulfide) groups is 1. The molecule has 0 bridgehead atoms. The SMILES string of the molecule is O=[N+]([O-])c1ccc(C2SCc3nc4ccccc4n32)cc1. The Balaban J connectivity index is 1.80. The largest absolute Gasteiger partial charge is 0.310 e. The minimum absolute atomic E-state index is 0.123. The highest BCUT2D eigenvalue weighted by molar-refractivity contribution is 7.99. The zero-order chi connectivity index (χ0) is 14.4. The Morgan fingerprint density at radius 3 is 2.71 bits per heavy atom. The van der Waals surface area contributed by atoms with E-state index in [4.69, 9.17) is 0 Å². The van der Waals surface area contributed by atoms with Crippen molar-refractivity contribution in [1.29, 1.82) is 0 Å². The Bertz CT molecular complexity index is 842. The van der Waals surface area contributed by atoms with Crippen LogP contribution >= 0.6 is 11.8 Å². The molecule has 0 aliphatic carbocycles. The van der Waals surface area contributed by atoms with Gasteiger partial charge in [0, 0.05) is 12.1 Å². The molecule has 0 radical (unpaired) electrons. The van der Waals surface area contributed by atoms with E-state index in [2.05, 4.69) is 15.6 Å². The first kappa shape index (κ1) is 12.4. The van der Waals surface area contributed by atoms with Crippen LogP contribution in [0.15, 0.2) is 48.5 Å². The minimum atomic E-state index is -0.371. The Labute approximate surface area is 124 Å². The normalized spacial score (nSPS) is 17.0. The molecule has 1 atom stereocenters. The number of aromatic nitrogens is 2. The molecule has 21 heavy (non-hydrogen) atoms. The van der Waals surface area contributed by atoms with E-state index in [-0.39, 0.29) is 16.0 Å². The van der Waals surface area contributed by atoms with Crippen LogP contribution in [0.2, 0.25) is 0 Å². The number of nitro groups is 1. The van der Waals surface area contributed by atoms with Gasteiger partial charge in [0.05, 0.1) is 21.7 Å². The lowest BCUT2D eigenvalue weighted by molar-refractivity contribution is -0.384. The minimum Gasteiger partial charge on any atom is -0.310 e. The number of imidazole rings is 1. The van der Waals surface area contributed by atoms with Crippen LogP contribution in [0.25, 0.3) is 11.0 Å². The van der Waals surface area contributed by atoms with E-state index in [1.807, 2.05) is 30.3 Å². The lowest BCUT2D eigenvalue weighted by atomic mass is 10.2. The van der Waals surface area contributed by atoms with Crippen molar-refractivity contribution in [3.05, 3.63) is 70.0 Å². The molecule has 1 unspecified atom stereocenters. The summed E-state index contributed by atoms with van der Waals surface area (Å²) in [6.07, 6.45) is 0. The second-order valence-electron chi connectivity index (χ2n) is 4.90. The highest BCUT2D eigenvalue weighted by Gasteiger charge is 2.27. The zero-order valence-corrected chi connectivity index (χ0v) is 11.8. The molecule has 5 nitrogen and oxygen atoms in total. The topological polar surface area (TPSA) is 61.0 Å². The first-order valence-corrected chi connectivity index (χ1v) is 7.61. The highest BCUT2D eigenvalue weighted by Crippen LogP contribution is 2.42. The first-order valence-electron chi connectivity index (χ1n) is 6.56. The standard InChI is InChI=1S/C15H11N3O2S/c19-18(20)11-7-5-10(6-8-11)15-17-13-4-2-1-3-12(13)16-14(17)9-21-15/h1-8,15H,9H2. The molecule has 104 valence electrons. The van der Waals surface area contributed by atoms with Crippen LogP contribution in [-0.4, -0.2) is 14.5 Å². The van der Waals surface area contributed by atoms with Crippen LogP contribution in [0.4, 0.5) is 5.69 Å². The maximum absolute atomic E-state index is 10.8. The van der Waals surface area contributed by atoms with Crippen LogP contribution in [0, 0.1) is 10.1 Å². The summed E-state index contributed by atoms with van der Waals surface area (Å²) >= 11 is 1.79. The van der Waals surface area contributed by atoms with E-state index in [9.17, 15) is 10.1 Å². The van der Waals surface area contributed by atoms with Gasteiger partial charge in [0.1, 0.15) is 11.2 Å². The molecule has 4 rings (SSSR count). The van der Waals surface area contributed by atoms with Crippen molar-refractivity contribution < 1.29 is 4.92 Å². The van der Waals surface area contributed by atoms with E-state index in [1.54, 1.807) is 23.9 Å². The van der Waals surface area contributed by atoms with E-state index in [1.165, 1.54) is 0 Å². The van der Waals surface area contributed by atoms with Crippen molar-refractivity contribution >= 4 is 28.5 Å². The molecule has 1 aliphatic rings. The van der Waals surface area contributed by atoms with Gasteiger partial charge in [-0.3, -0.25) is 10.1 Å². The highest BCUT2D eigenvalue weighted by atomic mass is 32.2. The number of rotatable bonds is 2. The summed E-state index contributed by atoms with van der Waals surface area (Å²) in [4.78, 5) is 15.0. The first-order chi connectivity index (χ1) is 10.2. The van der Waals surface area contributed by atoms with Crippen molar-refractivity contribution in [2.75, 3.05) is 0 Å². The Hall–Kier alpha value is -2.34. The van der Waals surface area contributed by atoms with Gasteiger partial charge in [-0.15, -0.1) is 11.8 Å². The van der Waals surface area contributed by atoms with Gasteiger partial charge in [0.15, 0.2) is 0 Å². The van der Waals surface area contributed by atoms with E-state index < -0.39 is 0 Å². The van der Waals surface area contributed by atoms with Gasteiger partial charge in [0.25, 0.3) is 5.69 Å². The fourth-order valence-electron chi connectivity index (χ4n) is 2.69. The summed E-state index contributed by atoms with van der Waals surface area (Å²) in [5, 5.41) is 10.9. The smallest absolute Gasteiger partial charge is 0.269 e. The quantitative estimate of drug-likeness (QED) is 0.534. The van der Waals surface area contributed by atoms with Crippen molar-refractivity contribution in [3.63, 3.8) is 0 Å². The summed E-state index contributed by atoms with van der Waals surface area (Å²) in [7, 11) is 0. The van der Waals surface area contributed by atoms with Crippen LogP contribution in [0.1, 0.15) is 16.8 Å². The third-order valence-electron chi connectivity index (χ3n) is 3.66. The van der Waals surface area contributed by atoms with Gasteiger partial charge in [-0.2, -0.15) is 0 Å². The van der Waals surface area contributed by atoms with E-state index in [0.29, 0.717) is 0 Å². The number of nitrogens with zero attached hydrogens (tertiary/aromatic N) is 3. The lowest BCUT2D eigenvalue weighted by Crippen LogP contribution is -2.03. The second-order valence-corrected chi connectivity index (χ2v) is 5.97. The van der Waals surface area contributed by atoms with Crippen LogP contribution in [0.3, 0.4) is 0 Å². The van der Waals surface area contributed by atoms with Crippen LogP contribution < -0.4 is 0 Å². The van der Waals surface area contributed by atoms with Gasteiger partial charge < -0.3 is 4.57 Å². The summed E-state index contributed by atoms with van der Waals surface area (Å²) in [6, 6.07) is 14.9. The number of nitro benzene ring substituents is 1. The Morgan fingerprint density at radius 2 is 1.95 bits per heavy atom. The number of benzene rings is 2. The molecule has 2 heterocycles. The maximum Gasteiger partial charge on any atom is 0.269 e. The summed E-state index contributed by atoms with van der Waals surface area (Å²) in [6.45, 7) is 0. The van der Waals surface area contributed by atoms with E-state index in [0.717, 1.165) is 28.2 Å². The molecular weight excluding hydrogens is 286 g/mol. The third kappa shape index (κ3) is 1.91. The van der Waals surface area contributed by atoms with Crippen molar-refractivity contribution in [2.45, 2.75) is 11.1 Å². The summed E-state index contributed by atoms with van der Waals surface area (Å²) in [5.41, 5.74) is 3.30. The zero-order valence-electron chi connectivity index (χ0n) is 11.0. The predicted molar refractivity (Wildman–Crippen MR) is 82.3 cm³/mol. The fourth-order valence-corrected chi connectivity index (χ4v) is 3.94. The number of hydrogen-bond acceptors (Lipinski definition) is 4. The number of fused-ring (bicyclic) bond motifs is 3. The van der Waals surface area contributed by atoms with Gasteiger partial charge in [-0.1, -0.05) is 12.1 Å². The molecule has 2 aromatic carbocycles.